The smallest absolute Gasteiger partial charge is 0.265 e. The van der Waals surface area contributed by atoms with Crippen LogP contribution in [0.5, 0.6) is 0 Å². The van der Waals surface area contributed by atoms with Crippen molar-refractivity contribution >= 4 is 39.0 Å². The lowest BCUT2D eigenvalue weighted by molar-refractivity contribution is 0.0961. The maximum absolute atomic E-state index is 12.1. The Kier molecular flexibility index (Phi) is 5.54. The Hall–Kier alpha value is -1.19. The fourth-order valence-electron chi connectivity index (χ4n) is 2.08. The lowest BCUT2D eigenvalue weighted by Gasteiger charge is -2.12. The van der Waals surface area contributed by atoms with Crippen LogP contribution in [0.3, 0.4) is 0 Å². The molecule has 2 rings (SSSR count). The number of rotatable bonds is 6. The molecule has 0 radical (unpaired) electrons. The third kappa shape index (κ3) is 4.14. The minimum absolute atomic E-state index is 0.149. The van der Waals surface area contributed by atoms with E-state index in [1.54, 1.807) is 0 Å². The first-order valence-corrected chi connectivity index (χ1v) is 9.21. The average Bonchev–Trinajstić information content (AvgIpc) is 3.04. The van der Waals surface area contributed by atoms with Gasteiger partial charge in [0, 0.05) is 48.0 Å². The van der Waals surface area contributed by atoms with E-state index in [0.29, 0.717) is 22.9 Å². The predicted octanol–water partition coefficient (Wildman–Crippen LogP) is -0.239. The second kappa shape index (κ2) is 7.19. The summed E-state index contributed by atoms with van der Waals surface area (Å²) in [6.45, 7) is 3.81. The van der Waals surface area contributed by atoms with Crippen LogP contribution in [0.1, 0.15) is 23.0 Å². The van der Waals surface area contributed by atoms with Gasteiger partial charge in [-0.05, 0) is 6.42 Å². The number of aromatic nitrogens is 1. The van der Waals surface area contributed by atoms with Gasteiger partial charge >= 0.3 is 0 Å². The van der Waals surface area contributed by atoms with Gasteiger partial charge in [-0.2, -0.15) is 0 Å². The second-order valence-corrected chi connectivity index (χ2v) is 7.74. The Balaban J connectivity index is 1.95. The molecule has 0 saturated carbocycles. The molecule has 1 aliphatic heterocycles. The van der Waals surface area contributed by atoms with E-state index in [9.17, 15) is 9.00 Å². The van der Waals surface area contributed by atoms with E-state index < -0.39 is 10.8 Å². The molecule has 9 heteroatoms. The first kappa shape index (κ1) is 16.2. The van der Waals surface area contributed by atoms with Gasteiger partial charge in [0.15, 0.2) is 5.13 Å². The minimum Gasteiger partial charge on any atom is -0.382 e. The number of amides is 1. The van der Waals surface area contributed by atoms with Crippen LogP contribution >= 0.6 is 11.3 Å². The number of nitrogen functional groups attached to an aromatic ring is 1. The van der Waals surface area contributed by atoms with Gasteiger partial charge < -0.3 is 21.7 Å². The van der Waals surface area contributed by atoms with E-state index in [1.807, 2.05) is 6.92 Å². The fraction of sp³-hybridized carbons (Fsp3) is 0.667. The molecular formula is C12H21N5O2S2. The van der Waals surface area contributed by atoms with Crippen LogP contribution in [-0.4, -0.2) is 52.3 Å². The first-order valence-electron chi connectivity index (χ1n) is 6.91. The number of hydrogen-bond acceptors (Lipinski definition) is 7. The van der Waals surface area contributed by atoms with Crippen molar-refractivity contribution in [3.63, 3.8) is 0 Å². The van der Waals surface area contributed by atoms with E-state index in [-0.39, 0.29) is 17.8 Å². The lowest BCUT2D eigenvalue weighted by Crippen LogP contribution is -2.28. The number of carbonyl (C=O) groups excluding carboxylic acids is 1. The molecule has 0 bridgehead atoms. The number of anilines is 2. The predicted molar refractivity (Wildman–Crippen MR) is 87.2 cm³/mol. The molecule has 0 spiro atoms. The molecule has 118 valence electrons. The van der Waals surface area contributed by atoms with Crippen LogP contribution in [0.4, 0.5) is 10.9 Å². The Bertz CT molecular complexity index is 534. The monoisotopic (exact) mass is 331 g/mol. The van der Waals surface area contributed by atoms with Gasteiger partial charge in [-0.25, -0.2) is 4.98 Å². The van der Waals surface area contributed by atoms with Gasteiger partial charge in [-0.15, -0.1) is 0 Å². The molecule has 1 aromatic rings. The quantitative estimate of drug-likeness (QED) is 0.663. The number of carbonyl (C=O) groups is 1. The number of nitrogens with two attached hydrogens (primary N) is 2. The highest BCUT2D eigenvalue weighted by atomic mass is 32.2. The van der Waals surface area contributed by atoms with Crippen molar-refractivity contribution in [2.75, 3.05) is 41.8 Å². The maximum Gasteiger partial charge on any atom is 0.265 e. The summed E-state index contributed by atoms with van der Waals surface area (Å²) in [6.07, 6.45) is 0.920. The maximum atomic E-state index is 12.1. The molecule has 5 N–H and O–H groups in total. The van der Waals surface area contributed by atoms with E-state index >= 15 is 0 Å². The number of nitrogens with zero attached hydrogens (tertiary/aromatic N) is 2. The van der Waals surface area contributed by atoms with Gasteiger partial charge in [-0.1, -0.05) is 18.3 Å². The van der Waals surface area contributed by atoms with Crippen molar-refractivity contribution < 1.29 is 9.00 Å². The third-order valence-electron chi connectivity index (χ3n) is 3.28. The SMILES string of the molecule is CCS(=O)CCNC(=O)c1sc(N2CCC(N)C2)nc1N. The summed E-state index contributed by atoms with van der Waals surface area (Å²) in [5.41, 5.74) is 11.7. The Labute approximate surface area is 130 Å². The summed E-state index contributed by atoms with van der Waals surface area (Å²) in [5.74, 6) is 1.03. The van der Waals surface area contributed by atoms with Crippen LogP contribution in [-0.2, 0) is 10.8 Å². The van der Waals surface area contributed by atoms with Crippen molar-refractivity contribution in [2.24, 2.45) is 5.73 Å². The molecule has 0 aliphatic carbocycles. The largest absolute Gasteiger partial charge is 0.382 e. The summed E-state index contributed by atoms with van der Waals surface area (Å²) < 4.78 is 11.3. The molecule has 1 saturated heterocycles. The highest BCUT2D eigenvalue weighted by Crippen LogP contribution is 2.30. The summed E-state index contributed by atoms with van der Waals surface area (Å²) in [4.78, 5) is 18.8. The van der Waals surface area contributed by atoms with Crippen molar-refractivity contribution in [1.82, 2.24) is 10.3 Å². The zero-order valence-corrected chi connectivity index (χ0v) is 13.6. The Morgan fingerprint density at radius 1 is 1.62 bits per heavy atom. The molecule has 21 heavy (non-hydrogen) atoms. The molecule has 2 atom stereocenters. The molecule has 0 aromatic carbocycles. The van der Waals surface area contributed by atoms with Gasteiger partial charge in [0.25, 0.3) is 5.91 Å². The molecular weight excluding hydrogens is 310 g/mol. The number of nitrogens with one attached hydrogen (secondary N) is 1. The highest BCUT2D eigenvalue weighted by Gasteiger charge is 2.24. The Morgan fingerprint density at radius 2 is 2.38 bits per heavy atom. The second-order valence-electron chi connectivity index (χ2n) is 4.89. The first-order chi connectivity index (χ1) is 10.0. The lowest BCUT2D eigenvalue weighted by atomic mass is 10.3. The van der Waals surface area contributed by atoms with Crippen LogP contribution in [0.25, 0.3) is 0 Å². The molecule has 1 amide bonds. The Morgan fingerprint density at radius 3 is 3.00 bits per heavy atom. The third-order valence-corrected chi connectivity index (χ3v) is 5.71. The molecule has 1 fully saturated rings. The van der Waals surface area contributed by atoms with Crippen LogP contribution < -0.4 is 21.7 Å². The van der Waals surface area contributed by atoms with Crippen LogP contribution in [0.15, 0.2) is 0 Å². The number of thiazole rings is 1. The van der Waals surface area contributed by atoms with Crippen molar-refractivity contribution in [1.29, 1.82) is 0 Å². The van der Waals surface area contributed by atoms with E-state index in [0.717, 1.165) is 24.6 Å². The summed E-state index contributed by atoms with van der Waals surface area (Å²) in [7, 11) is -0.886. The van der Waals surface area contributed by atoms with E-state index in [4.69, 9.17) is 11.5 Å². The van der Waals surface area contributed by atoms with E-state index in [2.05, 4.69) is 15.2 Å². The normalized spacial score (nSPS) is 19.7. The topological polar surface area (TPSA) is 114 Å². The minimum atomic E-state index is -0.886. The van der Waals surface area contributed by atoms with Gasteiger partial charge in [-0.3, -0.25) is 9.00 Å². The molecule has 1 aliphatic rings. The highest BCUT2D eigenvalue weighted by molar-refractivity contribution is 7.84. The molecule has 7 nitrogen and oxygen atoms in total. The van der Waals surface area contributed by atoms with E-state index in [1.165, 1.54) is 11.3 Å². The van der Waals surface area contributed by atoms with Gasteiger partial charge in [0.1, 0.15) is 10.7 Å². The molecule has 1 aromatic heterocycles. The van der Waals surface area contributed by atoms with Crippen molar-refractivity contribution in [3.8, 4) is 0 Å². The summed E-state index contributed by atoms with van der Waals surface area (Å²) in [6, 6.07) is 0.149. The molecule has 2 heterocycles. The van der Waals surface area contributed by atoms with Crippen LogP contribution in [0.2, 0.25) is 0 Å². The zero-order valence-electron chi connectivity index (χ0n) is 12.0. The van der Waals surface area contributed by atoms with Crippen molar-refractivity contribution in [2.45, 2.75) is 19.4 Å². The van der Waals surface area contributed by atoms with Gasteiger partial charge in [0.2, 0.25) is 0 Å². The van der Waals surface area contributed by atoms with Crippen LogP contribution in [0, 0.1) is 0 Å². The molecule has 2 unspecified atom stereocenters. The fourth-order valence-corrected chi connectivity index (χ4v) is 3.64. The summed E-state index contributed by atoms with van der Waals surface area (Å²) in [5, 5.41) is 3.47. The summed E-state index contributed by atoms with van der Waals surface area (Å²) >= 11 is 1.28. The van der Waals surface area contributed by atoms with Crippen molar-refractivity contribution in [3.05, 3.63) is 4.88 Å². The standard InChI is InChI=1S/C12H21N5O2S2/c1-2-21(19)6-4-15-11(18)9-10(14)16-12(20-9)17-5-3-8(13)7-17/h8H,2-7,13-14H2,1H3,(H,15,18). The number of hydrogen-bond donors (Lipinski definition) is 3. The average molecular weight is 331 g/mol. The van der Waals surface area contributed by atoms with Gasteiger partial charge in [0.05, 0.1) is 0 Å². The zero-order chi connectivity index (χ0) is 15.4.